The average Bonchev–Trinajstić information content (AvgIpc) is 2.23. The Morgan fingerprint density at radius 1 is 1.13 bits per heavy atom. The quantitative estimate of drug-likeness (QED) is 0.792. The van der Waals surface area contributed by atoms with Gasteiger partial charge >= 0.3 is 0 Å². The maximum Gasteiger partial charge on any atom is 0.247 e. The Bertz CT molecular complexity index is 530. The summed E-state index contributed by atoms with van der Waals surface area (Å²) in [4.78, 5) is 13.4. The van der Waals surface area contributed by atoms with E-state index in [2.05, 4.69) is 4.98 Å². The molecule has 0 radical (unpaired) electrons. The summed E-state index contributed by atoms with van der Waals surface area (Å²) in [5.41, 5.74) is 1.38. The van der Waals surface area contributed by atoms with Gasteiger partial charge < -0.3 is 4.98 Å². The normalized spacial score (nSPS) is 10.3. The van der Waals surface area contributed by atoms with E-state index >= 15 is 0 Å². The summed E-state index contributed by atoms with van der Waals surface area (Å²) < 4.78 is 12.9. The van der Waals surface area contributed by atoms with Crippen LogP contribution in [0.5, 0.6) is 0 Å². The summed E-state index contributed by atoms with van der Waals surface area (Å²) in [5, 5.41) is 0.0682. The number of benzene rings is 1. The third-order valence-corrected chi connectivity index (χ3v) is 2.33. The molecule has 1 aromatic heterocycles. The Morgan fingerprint density at radius 3 is 2.47 bits per heavy atom. The summed E-state index contributed by atoms with van der Waals surface area (Å²) >= 11 is 5.65. The van der Waals surface area contributed by atoms with Crippen LogP contribution in [0.4, 0.5) is 4.39 Å². The van der Waals surface area contributed by atoms with E-state index in [4.69, 9.17) is 11.6 Å². The minimum atomic E-state index is -0.454. The molecule has 0 fully saturated rings. The molecule has 1 aromatic carbocycles. The Morgan fingerprint density at radius 2 is 1.87 bits per heavy atom. The number of aromatic amines is 1. The number of rotatable bonds is 1. The molecule has 2 nitrogen and oxygen atoms in total. The molecule has 0 saturated carbocycles. The lowest BCUT2D eigenvalue weighted by atomic mass is 10.1. The molecule has 0 unspecified atom stereocenters. The molecule has 4 heteroatoms. The molecular formula is C11H7ClFNO. The fourth-order valence-corrected chi connectivity index (χ4v) is 1.45. The number of aromatic nitrogens is 1. The Labute approximate surface area is 90.3 Å². The van der Waals surface area contributed by atoms with Crippen LogP contribution < -0.4 is 5.56 Å². The molecule has 0 amide bonds. The number of H-pyrrole nitrogens is 1. The first-order valence-corrected chi connectivity index (χ1v) is 4.69. The molecule has 2 rings (SSSR count). The molecule has 1 heterocycles. The van der Waals surface area contributed by atoms with Crippen molar-refractivity contribution in [3.8, 4) is 11.1 Å². The highest BCUT2D eigenvalue weighted by atomic mass is 35.5. The van der Waals surface area contributed by atoms with E-state index in [1.54, 1.807) is 18.3 Å². The van der Waals surface area contributed by atoms with E-state index in [0.717, 1.165) is 11.1 Å². The molecule has 0 aliphatic rings. The lowest BCUT2D eigenvalue weighted by Gasteiger charge is -2.01. The fraction of sp³-hybridized carbons (Fsp3) is 0. The Balaban J connectivity index is 2.50. The molecule has 0 bridgehead atoms. The summed E-state index contributed by atoms with van der Waals surface area (Å²) in [6, 6.07) is 7.48. The van der Waals surface area contributed by atoms with Crippen LogP contribution >= 0.6 is 11.6 Å². The number of hydrogen-bond donors (Lipinski definition) is 1. The maximum absolute atomic E-state index is 12.9. The largest absolute Gasteiger partial charge is 0.328 e. The minimum Gasteiger partial charge on any atom is -0.328 e. The predicted octanol–water partition coefficient (Wildman–Crippen LogP) is 2.83. The third kappa shape index (κ3) is 2.07. The monoisotopic (exact) mass is 223 g/mol. The Hall–Kier alpha value is -1.61. The molecule has 15 heavy (non-hydrogen) atoms. The second-order valence-corrected chi connectivity index (χ2v) is 3.48. The van der Waals surface area contributed by atoms with E-state index in [1.807, 2.05) is 0 Å². The predicted molar refractivity (Wildman–Crippen MR) is 57.5 cm³/mol. The van der Waals surface area contributed by atoms with Gasteiger partial charge in [0.25, 0.3) is 0 Å². The minimum absolute atomic E-state index is 0.0682. The standard InChI is InChI=1S/C11H7ClFNO/c12-9-5-7(1-3-10(9)13)8-2-4-11(15)14-6-8/h1-6H,(H,14,15). The highest BCUT2D eigenvalue weighted by Crippen LogP contribution is 2.23. The van der Waals surface area contributed by atoms with Gasteiger partial charge in [-0.3, -0.25) is 4.79 Å². The van der Waals surface area contributed by atoms with Crippen molar-refractivity contribution < 1.29 is 4.39 Å². The molecule has 0 aliphatic heterocycles. The highest BCUT2D eigenvalue weighted by Gasteiger charge is 2.02. The van der Waals surface area contributed by atoms with Crippen LogP contribution in [-0.4, -0.2) is 4.98 Å². The average molecular weight is 224 g/mol. The van der Waals surface area contributed by atoms with Crippen LogP contribution in [0.25, 0.3) is 11.1 Å². The maximum atomic E-state index is 12.9. The van der Waals surface area contributed by atoms with Gasteiger partial charge in [-0.15, -0.1) is 0 Å². The van der Waals surface area contributed by atoms with Crippen LogP contribution in [0, 0.1) is 5.82 Å². The van der Waals surface area contributed by atoms with Crippen molar-refractivity contribution in [1.29, 1.82) is 0 Å². The van der Waals surface area contributed by atoms with Gasteiger partial charge in [-0.25, -0.2) is 4.39 Å². The van der Waals surface area contributed by atoms with Crippen molar-refractivity contribution in [2.75, 3.05) is 0 Å². The molecular weight excluding hydrogens is 217 g/mol. The topological polar surface area (TPSA) is 32.9 Å². The van der Waals surface area contributed by atoms with Gasteiger partial charge in [0, 0.05) is 12.3 Å². The van der Waals surface area contributed by atoms with Crippen molar-refractivity contribution in [3.63, 3.8) is 0 Å². The van der Waals surface area contributed by atoms with E-state index in [-0.39, 0.29) is 10.6 Å². The third-order valence-electron chi connectivity index (χ3n) is 2.04. The fourth-order valence-electron chi connectivity index (χ4n) is 1.27. The number of halogens is 2. The molecule has 0 aliphatic carbocycles. The van der Waals surface area contributed by atoms with Gasteiger partial charge in [-0.05, 0) is 29.3 Å². The SMILES string of the molecule is O=c1ccc(-c2ccc(F)c(Cl)c2)c[nH]1. The van der Waals surface area contributed by atoms with Crippen molar-refractivity contribution in [2.24, 2.45) is 0 Å². The van der Waals surface area contributed by atoms with E-state index in [1.165, 1.54) is 18.2 Å². The van der Waals surface area contributed by atoms with Crippen molar-refractivity contribution >= 4 is 11.6 Å². The summed E-state index contributed by atoms with van der Waals surface area (Å²) in [5.74, 6) is -0.454. The molecule has 0 atom stereocenters. The lowest BCUT2D eigenvalue weighted by Crippen LogP contribution is -2.01. The first kappa shape index (κ1) is 9.93. The zero-order valence-electron chi connectivity index (χ0n) is 7.63. The van der Waals surface area contributed by atoms with Gasteiger partial charge in [0.1, 0.15) is 5.82 Å². The second-order valence-electron chi connectivity index (χ2n) is 3.07. The van der Waals surface area contributed by atoms with E-state index in [9.17, 15) is 9.18 Å². The Kier molecular flexibility index (Phi) is 2.56. The van der Waals surface area contributed by atoms with Gasteiger partial charge in [0.05, 0.1) is 5.02 Å². The molecule has 76 valence electrons. The van der Waals surface area contributed by atoms with Crippen LogP contribution in [-0.2, 0) is 0 Å². The zero-order valence-corrected chi connectivity index (χ0v) is 8.38. The molecule has 0 spiro atoms. The number of pyridine rings is 1. The summed E-state index contributed by atoms with van der Waals surface area (Å²) in [6.07, 6.45) is 1.56. The first-order chi connectivity index (χ1) is 7.16. The van der Waals surface area contributed by atoms with Crippen LogP contribution in [0.15, 0.2) is 41.3 Å². The van der Waals surface area contributed by atoms with Gasteiger partial charge in [0.2, 0.25) is 5.56 Å². The number of nitrogens with one attached hydrogen (secondary N) is 1. The van der Waals surface area contributed by atoms with Gasteiger partial charge in [-0.2, -0.15) is 0 Å². The van der Waals surface area contributed by atoms with Crippen molar-refractivity contribution in [3.05, 3.63) is 57.7 Å². The highest BCUT2D eigenvalue weighted by molar-refractivity contribution is 6.31. The van der Waals surface area contributed by atoms with E-state index in [0.29, 0.717) is 0 Å². The van der Waals surface area contributed by atoms with Crippen LogP contribution in [0.2, 0.25) is 5.02 Å². The summed E-state index contributed by atoms with van der Waals surface area (Å²) in [7, 11) is 0. The van der Waals surface area contributed by atoms with Crippen LogP contribution in [0.1, 0.15) is 0 Å². The van der Waals surface area contributed by atoms with Gasteiger partial charge in [0.15, 0.2) is 0 Å². The number of hydrogen-bond acceptors (Lipinski definition) is 1. The van der Waals surface area contributed by atoms with Crippen LogP contribution in [0.3, 0.4) is 0 Å². The smallest absolute Gasteiger partial charge is 0.247 e. The summed E-state index contributed by atoms with van der Waals surface area (Å²) in [6.45, 7) is 0. The molecule has 1 N–H and O–H groups in total. The molecule has 2 aromatic rings. The van der Waals surface area contributed by atoms with Gasteiger partial charge in [-0.1, -0.05) is 17.7 Å². The van der Waals surface area contributed by atoms with Crippen molar-refractivity contribution in [1.82, 2.24) is 4.98 Å². The second kappa shape index (κ2) is 3.87. The van der Waals surface area contributed by atoms with Crippen molar-refractivity contribution in [2.45, 2.75) is 0 Å². The lowest BCUT2D eigenvalue weighted by molar-refractivity contribution is 0.628. The molecule has 0 saturated heterocycles. The first-order valence-electron chi connectivity index (χ1n) is 4.31. The zero-order chi connectivity index (χ0) is 10.8. The van der Waals surface area contributed by atoms with E-state index < -0.39 is 5.82 Å².